The summed E-state index contributed by atoms with van der Waals surface area (Å²) in [5, 5.41) is 2.94. The van der Waals surface area contributed by atoms with Crippen molar-refractivity contribution < 1.29 is 9.18 Å². The topological polar surface area (TPSA) is 29.1 Å². The quantitative estimate of drug-likeness (QED) is 0.588. The predicted molar refractivity (Wildman–Crippen MR) is 43.5 cm³/mol. The molecular formula is C9H14FNO. The van der Waals surface area contributed by atoms with Crippen molar-refractivity contribution in [3.05, 3.63) is 0 Å². The van der Waals surface area contributed by atoms with Crippen molar-refractivity contribution in [2.45, 2.75) is 50.2 Å². The van der Waals surface area contributed by atoms with Crippen LogP contribution in [-0.2, 0) is 4.79 Å². The molecule has 12 heavy (non-hydrogen) atoms. The summed E-state index contributed by atoms with van der Waals surface area (Å²) in [5.74, 6) is -0.101. The standard InChI is InChI=1S/C9H14FNO/c10-7-5-8(12)11-9(6-7)3-1-2-4-9/h7H,1-6H2,(H,11,12). The van der Waals surface area contributed by atoms with Gasteiger partial charge in [-0.05, 0) is 12.8 Å². The number of piperidine rings is 1. The molecule has 68 valence electrons. The molecule has 1 atom stereocenters. The molecule has 1 aliphatic heterocycles. The second-order valence-electron chi connectivity index (χ2n) is 4.04. The van der Waals surface area contributed by atoms with E-state index in [2.05, 4.69) is 5.32 Å². The zero-order valence-electron chi connectivity index (χ0n) is 7.11. The van der Waals surface area contributed by atoms with Gasteiger partial charge in [0.05, 0.1) is 6.42 Å². The maximum absolute atomic E-state index is 13.1. The third-order valence-corrected chi connectivity index (χ3v) is 2.98. The van der Waals surface area contributed by atoms with Crippen molar-refractivity contribution in [3.8, 4) is 0 Å². The molecule has 2 rings (SSSR count). The number of carbonyl (C=O) groups is 1. The van der Waals surface area contributed by atoms with E-state index in [1.807, 2.05) is 0 Å². The van der Waals surface area contributed by atoms with Crippen molar-refractivity contribution in [2.24, 2.45) is 0 Å². The number of carbonyl (C=O) groups excluding carboxylic acids is 1. The summed E-state index contributed by atoms with van der Waals surface area (Å²) in [6.45, 7) is 0. The van der Waals surface area contributed by atoms with E-state index in [-0.39, 0.29) is 17.9 Å². The van der Waals surface area contributed by atoms with Gasteiger partial charge in [0.2, 0.25) is 5.91 Å². The smallest absolute Gasteiger partial charge is 0.223 e. The van der Waals surface area contributed by atoms with Gasteiger partial charge in [0.1, 0.15) is 6.17 Å². The predicted octanol–water partition coefficient (Wildman–Crippen LogP) is 1.55. The van der Waals surface area contributed by atoms with E-state index in [1.54, 1.807) is 0 Å². The summed E-state index contributed by atoms with van der Waals surface area (Å²) in [6, 6.07) is 0. The van der Waals surface area contributed by atoms with Crippen LogP contribution in [0, 0.1) is 0 Å². The van der Waals surface area contributed by atoms with Crippen LogP contribution < -0.4 is 5.32 Å². The normalized spacial score (nSPS) is 33.8. The lowest BCUT2D eigenvalue weighted by molar-refractivity contribution is -0.127. The molecule has 0 aromatic heterocycles. The highest BCUT2D eigenvalue weighted by Gasteiger charge is 2.41. The molecule has 0 bridgehead atoms. The minimum absolute atomic E-state index is 0.0712. The van der Waals surface area contributed by atoms with E-state index >= 15 is 0 Å². The lowest BCUT2D eigenvalue weighted by Crippen LogP contribution is -2.52. The number of hydrogen-bond acceptors (Lipinski definition) is 1. The van der Waals surface area contributed by atoms with E-state index in [9.17, 15) is 9.18 Å². The first-order valence-electron chi connectivity index (χ1n) is 4.65. The van der Waals surface area contributed by atoms with E-state index in [1.165, 1.54) is 0 Å². The maximum Gasteiger partial charge on any atom is 0.223 e. The molecule has 1 N–H and O–H groups in total. The van der Waals surface area contributed by atoms with Gasteiger partial charge in [-0.2, -0.15) is 0 Å². The largest absolute Gasteiger partial charge is 0.350 e. The summed E-state index contributed by atoms with van der Waals surface area (Å²) >= 11 is 0. The van der Waals surface area contributed by atoms with E-state index in [4.69, 9.17) is 0 Å². The van der Waals surface area contributed by atoms with Crippen molar-refractivity contribution in [2.75, 3.05) is 0 Å². The maximum atomic E-state index is 13.1. The highest BCUT2D eigenvalue weighted by atomic mass is 19.1. The Morgan fingerprint density at radius 1 is 1.42 bits per heavy atom. The minimum atomic E-state index is -0.906. The van der Waals surface area contributed by atoms with Crippen LogP contribution in [0.2, 0.25) is 0 Å². The zero-order valence-corrected chi connectivity index (χ0v) is 7.11. The molecule has 1 unspecified atom stereocenters. The highest BCUT2D eigenvalue weighted by molar-refractivity contribution is 5.78. The SMILES string of the molecule is O=C1CC(F)CC2(CCCC2)N1. The number of amides is 1. The van der Waals surface area contributed by atoms with Crippen molar-refractivity contribution in [3.63, 3.8) is 0 Å². The molecule has 0 aromatic rings. The lowest BCUT2D eigenvalue weighted by Gasteiger charge is -2.35. The van der Waals surface area contributed by atoms with Gasteiger partial charge in [0, 0.05) is 12.0 Å². The number of nitrogens with one attached hydrogen (secondary N) is 1. The van der Waals surface area contributed by atoms with Gasteiger partial charge in [-0.1, -0.05) is 12.8 Å². The van der Waals surface area contributed by atoms with Crippen LogP contribution in [0.1, 0.15) is 38.5 Å². The molecule has 0 aromatic carbocycles. The molecule has 2 nitrogen and oxygen atoms in total. The summed E-state index contributed by atoms with van der Waals surface area (Å²) in [7, 11) is 0. The fourth-order valence-electron chi connectivity index (χ4n) is 2.48. The van der Waals surface area contributed by atoms with Crippen LogP contribution >= 0.6 is 0 Å². The second kappa shape index (κ2) is 2.71. The first-order chi connectivity index (χ1) is 5.70. The Bertz CT molecular complexity index is 199. The van der Waals surface area contributed by atoms with E-state index in [0.717, 1.165) is 25.7 Å². The third kappa shape index (κ3) is 1.32. The molecule has 1 saturated carbocycles. The Balaban J connectivity index is 2.09. The van der Waals surface area contributed by atoms with Crippen LogP contribution in [0.3, 0.4) is 0 Å². The molecule has 2 fully saturated rings. The Hall–Kier alpha value is -0.600. The van der Waals surface area contributed by atoms with Gasteiger partial charge in [-0.3, -0.25) is 4.79 Å². The Labute approximate surface area is 71.5 Å². The third-order valence-electron chi connectivity index (χ3n) is 2.98. The molecule has 1 heterocycles. The fraction of sp³-hybridized carbons (Fsp3) is 0.889. The number of rotatable bonds is 0. The zero-order chi connectivity index (χ0) is 8.60. The molecule has 0 radical (unpaired) electrons. The molecule has 1 saturated heterocycles. The Morgan fingerprint density at radius 3 is 2.67 bits per heavy atom. The van der Waals surface area contributed by atoms with Crippen LogP contribution in [0.15, 0.2) is 0 Å². The summed E-state index contributed by atoms with van der Waals surface area (Å²) < 4.78 is 13.1. The Kier molecular flexibility index (Phi) is 1.81. The lowest BCUT2D eigenvalue weighted by atomic mass is 9.86. The van der Waals surface area contributed by atoms with E-state index < -0.39 is 6.17 Å². The fourth-order valence-corrected chi connectivity index (χ4v) is 2.48. The monoisotopic (exact) mass is 171 g/mol. The van der Waals surface area contributed by atoms with Crippen LogP contribution in [0.4, 0.5) is 4.39 Å². The molecular weight excluding hydrogens is 157 g/mol. The molecule has 1 aliphatic carbocycles. The van der Waals surface area contributed by atoms with Gasteiger partial charge in [-0.25, -0.2) is 4.39 Å². The van der Waals surface area contributed by atoms with Gasteiger partial charge < -0.3 is 5.32 Å². The van der Waals surface area contributed by atoms with Gasteiger partial charge in [0.15, 0.2) is 0 Å². The molecule has 1 spiro atoms. The van der Waals surface area contributed by atoms with Gasteiger partial charge in [-0.15, -0.1) is 0 Å². The summed E-state index contributed by atoms with van der Waals surface area (Å²) in [4.78, 5) is 11.1. The first-order valence-corrected chi connectivity index (χ1v) is 4.65. The van der Waals surface area contributed by atoms with Crippen molar-refractivity contribution in [1.82, 2.24) is 5.32 Å². The highest BCUT2D eigenvalue weighted by Crippen LogP contribution is 2.37. The van der Waals surface area contributed by atoms with Crippen molar-refractivity contribution in [1.29, 1.82) is 0 Å². The first kappa shape index (κ1) is 8.02. The van der Waals surface area contributed by atoms with Gasteiger partial charge >= 0.3 is 0 Å². The van der Waals surface area contributed by atoms with Gasteiger partial charge in [0.25, 0.3) is 0 Å². The minimum Gasteiger partial charge on any atom is -0.350 e. The van der Waals surface area contributed by atoms with E-state index in [0.29, 0.717) is 6.42 Å². The Morgan fingerprint density at radius 2 is 2.08 bits per heavy atom. The number of hydrogen-bond donors (Lipinski definition) is 1. The molecule has 1 amide bonds. The van der Waals surface area contributed by atoms with Crippen LogP contribution in [0.5, 0.6) is 0 Å². The second-order valence-corrected chi connectivity index (χ2v) is 4.04. The van der Waals surface area contributed by atoms with Crippen molar-refractivity contribution >= 4 is 5.91 Å². The molecule has 3 heteroatoms. The average molecular weight is 171 g/mol. The average Bonchev–Trinajstić information content (AvgIpc) is 2.33. The number of halogens is 1. The number of alkyl halides is 1. The summed E-state index contributed by atoms with van der Waals surface area (Å²) in [6.07, 6.45) is 3.91. The molecule has 2 aliphatic rings. The van der Waals surface area contributed by atoms with Crippen LogP contribution in [-0.4, -0.2) is 17.6 Å². The summed E-state index contributed by atoms with van der Waals surface area (Å²) in [5.41, 5.74) is -0.158. The van der Waals surface area contributed by atoms with Crippen LogP contribution in [0.25, 0.3) is 0 Å².